The Morgan fingerprint density at radius 2 is 2.00 bits per heavy atom. The summed E-state index contributed by atoms with van der Waals surface area (Å²) >= 11 is 0. The second kappa shape index (κ2) is 7.74. The molecule has 3 aliphatic rings. The van der Waals surface area contributed by atoms with Gasteiger partial charge in [0.05, 0.1) is 16.5 Å². The molecule has 1 aromatic rings. The third-order valence-corrected chi connectivity index (χ3v) is 6.23. The average molecular weight is 443 g/mol. The number of carbonyl (C=O) groups excluding carboxylic acids is 5. The lowest BCUT2D eigenvalue weighted by atomic mass is 10.0. The first-order chi connectivity index (χ1) is 15.1. The van der Waals surface area contributed by atoms with E-state index < -0.39 is 53.6 Å². The first-order valence-electron chi connectivity index (χ1n) is 10.1. The Morgan fingerprint density at radius 3 is 2.66 bits per heavy atom. The molecule has 11 heteroatoms. The van der Waals surface area contributed by atoms with Crippen molar-refractivity contribution in [2.45, 2.75) is 32.2 Å². The SMILES string of the molecule is CC1(C(=O)O)CC1CNC(=O)COc1cccc2c1C(=O)N(C1CCC(=O)NC1=O)C2=O. The maximum Gasteiger partial charge on any atom is 0.309 e. The molecule has 1 aromatic carbocycles. The summed E-state index contributed by atoms with van der Waals surface area (Å²) in [5.74, 6) is -4.13. The maximum absolute atomic E-state index is 13.0. The molecule has 11 nitrogen and oxygen atoms in total. The van der Waals surface area contributed by atoms with Crippen LogP contribution in [0.1, 0.15) is 46.9 Å². The van der Waals surface area contributed by atoms with Crippen LogP contribution in [0.3, 0.4) is 0 Å². The fourth-order valence-electron chi connectivity index (χ4n) is 4.05. The van der Waals surface area contributed by atoms with Crippen molar-refractivity contribution in [3.8, 4) is 5.75 Å². The number of hydrogen-bond donors (Lipinski definition) is 3. The molecule has 32 heavy (non-hydrogen) atoms. The number of ether oxygens (including phenoxy) is 1. The van der Waals surface area contributed by atoms with E-state index in [1.165, 1.54) is 18.2 Å². The molecule has 3 unspecified atom stereocenters. The Hall–Kier alpha value is -3.76. The van der Waals surface area contributed by atoms with Gasteiger partial charge in [0.2, 0.25) is 11.8 Å². The van der Waals surface area contributed by atoms with Gasteiger partial charge >= 0.3 is 5.97 Å². The van der Waals surface area contributed by atoms with Crippen LogP contribution in [-0.4, -0.2) is 64.7 Å². The zero-order chi connectivity index (χ0) is 23.2. The highest BCUT2D eigenvalue weighted by Gasteiger charge is 2.56. The van der Waals surface area contributed by atoms with Crippen LogP contribution in [-0.2, 0) is 19.2 Å². The van der Waals surface area contributed by atoms with E-state index >= 15 is 0 Å². The van der Waals surface area contributed by atoms with Gasteiger partial charge in [-0.25, -0.2) is 0 Å². The van der Waals surface area contributed by atoms with E-state index in [-0.39, 0.29) is 42.2 Å². The fourth-order valence-corrected chi connectivity index (χ4v) is 4.05. The summed E-state index contributed by atoms with van der Waals surface area (Å²) in [5.41, 5.74) is -0.829. The number of fused-ring (bicyclic) bond motifs is 1. The second-order valence-electron chi connectivity index (χ2n) is 8.34. The van der Waals surface area contributed by atoms with Crippen molar-refractivity contribution in [2.24, 2.45) is 11.3 Å². The molecule has 3 N–H and O–H groups in total. The molecule has 3 atom stereocenters. The van der Waals surface area contributed by atoms with Crippen molar-refractivity contribution >= 4 is 35.5 Å². The predicted molar refractivity (Wildman–Crippen MR) is 105 cm³/mol. The zero-order valence-electron chi connectivity index (χ0n) is 17.2. The fraction of sp³-hybridized carbons (Fsp3) is 0.429. The van der Waals surface area contributed by atoms with Crippen molar-refractivity contribution in [1.29, 1.82) is 0 Å². The van der Waals surface area contributed by atoms with Crippen molar-refractivity contribution in [2.75, 3.05) is 13.2 Å². The van der Waals surface area contributed by atoms with Crippen molar-refractivity contribution < 1.29 is 38.6 Å². The van der Waals surface area contributed by atoms with E-state index in [1.807, 2.05) is 0 Å². The van der Waals surface area contributed by atoms with Gasteiger partial charge in [-0.3, -0.25) is 39.0 Å². The van der Waals surface area contributed by atoms with Gasteiger partial charge < -0.3 is 15.2 Å². The lowest BCUT2D eigenvalue weighted by molar-refractivity contribution is -0.143. The topological polar surface area (TPSA) is 159 Å². The molecule has 5 amide bonds. The minimum absolute atomic E-state index is 0.00918. The van der Waals surface area contributed by atoms with Gasteiger partial charge in [0.25, 0.3) is 17.7 Å². The molecule has 2 fully saturated rings. The minimum Gasteiger partial charge on any atom is -0.483 e. The molecule has 0 spiro atoms. The highest BCUT2D eigenvalue weighted by Crippen LogP contribution is 2.51. The third kappa shape index (κ3) is 3.59. The van der Waals surface area contributed by atoms with Crippen molar-refractivity contribution in [3.05, 3.63) is 29.3 Å². The Bertz CT molecular complexity index is 1070. The predicted octanol–water partition coefficient (Wildman–Crippen LogP) is -0.306. The van der Waals surface area contributed by atoms with E-state index in [1.54, 1.807) is 6.92 Å². The summed E-state index contributed by atoms with van der Waals surface area (Å²) in [6.07, 6.45) is 0.517. The summed E-state index contributed by atoms with van der Waals surface area (Å²) in [6.45, 7) is 1.37. The van der Waals surface area contributed by atoms with Crippen LogP contribution in [0.5, 0.6) is 5.75 Å². The normalized spacial score (nSPS) is 26.5. The van der Waals surface area contributed by atoms with Crippen LogP contribution in [0.2, 0.25) is 0 Å². The number of carboxylic acids is 1. The van der Waals surface area contributed by atoms with E-state index in [0.717, 1.165) is 4.90 Å². The van der Waals surface area contributed by atoms with E-state index in [9.17, 15) is 28.8 Å². The standard InChI is InChI=1S/C21H21N3O8/c1-21(20(30)31)7-10(21)8-22-15(26)9-32-13-4-2-3-11-16(13)19(29)24(18(11)28)12-5-6-14(25)23-17(12)27/h2-4,10,12H,5-9H2,1H3,(H,22,26)(H,30,31)(H,23,25,27). The molecule has 168 valence electrons. The number of benzene rings is 1. The number of aliphatic carboxylic acids is 1. The van der Waals surface area contributed by atoms with Gasteiger partial charge in [-0.2, -0.15) is 0 Å². The van der Waals surface area contributed by atoms with Gasteiger partial charge in [-0.15, -0.1) is 0 Å². The van der Waals surface area contributed by atoms with Crippen LogP contribution >= 0.6 is 0 Å². The molecule has 1 saturated heterocycles. The first kappa shape index (κ1) is 21.5. The van der Waals surface area contributed by atoms with Crippen LogP contribution in [0.25, 0.3) is 0 Å². The summed E-state index contributed by atoms with van der Waals surface area (Å²) in [6, 6.07) is 3.26. The molecule has 1 aliphatic carbocycles. The number of rotatable bonds is 7. The lowest BCUT2D eigenvalue weighted by Gasteiger charge is -2.27. The number of nitrogens with one attached hydrogen (secondary N) is 2. The summed E-state index contributed by atoms with van der Waals surface area (Å²) in [7, 11) is 0. The van der Waals surface area contributed by atoms with Gasteiger partial charge in [0, 0.05) is 13.0 Å². The van der Waals surface area contributed by atoms with Crippen LogP contribution in [0, 0.1) is 11.3 Å². The van der Waals surface area contributed by atoms with E-state index in [2.05, 4.69) is 10.6 Å². The molecule has 1 saturated carbocycles. The second-order valence-corrected chi connectivity index (χ2v) is 8.34. The Balaban J connectivity index is 1.41. The first-order valence-corrected chi connectivity index (χ1v) is 10.1. The maximum atomic E-state index is 13.0. The number of imide groups is 2. The summed E-state index contributed by atoms with van der Waals surface area (Å²) in [4.78, 5) is 73.4. The van der Waals surface area contributed by atoms with Crippen LogP contribution in [0.15, 0.2) is 18.2 Å². The molecule has 0 radical (unpaired) electrons. The number of nitrogens with zero attached hydrogens (tertiary/aromatic N) is 1. The molecule has 0 bridgehead atoms. The molecule has 0 aromatic heterocycles. The highest BCUT2D eigenvalue weighted by atomic mass is 16.5. The smallest absolute Gasteiger partial charge is 0.309 e. The van der Waals surface area contributed by atoms with Crippen LogP contribution in [0.4, 0.5) is 0 Å². The summed E-state index contributed by atoms with van der Waals surface area (Å²) in [5, 5.41) is 13.9. The monoisotopic (exact) mass is 443 g/mol. The summed E-state index contributed by atoms with van der Waals surface area (Å²) < 4.78 is 5.48. The largest absolute Gasteiger partial charge is 0.483 e. The Labute approximate surface area is 182 Å². The number of piperidine rings is 1. The number of carbonyl (C=O) groups is 6. The Morgan fingerprint density at radius 1 is 1.25 bits per heavy atom. The van der Waals surface area contributed by atoms with E-state index in [0.29, 0.717) is 6.42 Å². The van der Waals surface area contributed by atoms with Gasteiger partial charge in [0.15, 0.2) is 6.61 Å². The quantitative estimate of drug-likeness (QED) is 0.484. The van der Waals surface area contributed by atoms with Crippen molar-refractivity contribution in [3.63, 3.8) is 0 Å². The van der Waals surface area contributed by atoms with E-state index in [4.69, 9.17) is 9.84 Å². The van der Waals surface area contributed by atoms with Crippen LogP contribution < -0.4 is 15.4 Å². The van der Waals surface area contributed by atoms with Gasteiger partial charge in [-0.1, -0.05) is 6.07 Å². The van der Waals surface area contributed by atoms with Crippen molar-refractivity contribution in [1.82, 2.24) is 15.5 Å². The molecule has 2 aliphatic heterocycles. The molecule has 2 heterocycles. The highest BCUT2D eigenvalue weighted by molar-refractivity contribution is 6.24. The van der Waals surface area contributed by atoms with Gasteiger partial charge in [-0.05, 0) is 37.8 Å². The zero-order valence-corrected chi connectivity index (χ0v) is 17.2. The average Bonchev–Trinajstić information content (AvgIpc) is 3.36. The van der Waals surface area contributed by atoms with Gasteiger partial charge in [0.1, 0.15) is 11.8 Å². The number of hydrogen-bond acceptors (Lipinski definition) is 7. The number of amides is 5. The Kier molecular flexibility index (Phi) is 5.19. The molecular weight excluding hydrogens is 422 g/mol. The lowest BCUT2D eigenvalue weighted by Crippen LogP contribution is -2.54. The number of carboxylic acid groups (broad SMARTS) is 1. The minimum atomic E-state index is -1.10. The third-order valence-electron chi connectivity index (χ3n) is 6.23. The molecular formula is C21H21N3O8. The molecule has 4 rings (SSSR count).